The first kappa shape index (κ1) is 15.2. The number of para-hydroxylation sites is 1. The second-order valence-corrected chi connectivity index (χ2v) is 4.96. The first-order chi connectivity index (χ1) is 11.6. The van der Waals surface area contributed by atoms with E-state index in [1.54, 1.807) is 12.3 Å². The fraction of sp³-hybridized carbons (Fsp3) is 0. The predicted octanol–water partition coefficient (Wildman–Crippen LogP) is 2.15. The van der Waals surface area contributed by atoms with Gasteiger partial charge in [-0.15, -0.1) is 0 Å². The third-order valence-electron chi connectivity index (χ3n) is 3.46. The van der Waals surface area contributed by atoms with Gasteiger partial charge < -0.3 is 4.98 Å². The molecule has 1 heterocycles. The fourth-order valence-electron chi connectivity index (χ4n) is 2.25. The van der Waals surface area contributed by atoms with Crippen LogP contribution < -0.4 is 10.9 Å². The quantitative estimate of drug-likeness (QED) is 0.505. The number of rotatable bonds is 3. The van der Waals surface area contributed by atoms with Crippen LogP contribution in [0.15, 0.2) is 54.7 Å². The number of non-ortho nitro benzene ring substituents is 1. The standard InChI is InChI=1S/C16H12N4O4/c21-15(10-5-7-11(8-6-10)20(23)24)18-19-16(22)13-9-17-14-4-2-1-3-12(13)14/h1-9,17H,(H,18,21)(H,19,22). The molecule has 120 valence electrons. The van der Waals surface area contributed by atoms with Crippen molar-refractivity contribution in [3.05, 3.63) is 76.0 Å². The number of aromatic nitrogens is 1. The molecule has 0 radical (unpaired) electrons. The molecule has 2 amide bonds. The summed E-state index contributed by atoms with van der Waals surface area (Å²) in [4.78, 5) is 37.1. The first-order valence-electron chi connectivity index (χ1n) is 6.97. The molecule has 3 N–H and O–H groups in total. The Morgan fingerprint density at radius 3 is 2.33 bits per heavy atom. The first-order valence-corrected chi connectivity index (χ1v) is 6.97. The van der Waals surface area contributed by atoms with Crippen LogP contribution in [0.4, 0.5) is 5.69 Å². The molecule has 8 heteroatoms. The van der Waals surface area contributed by atoms with Gasteiger partial charge in [0.05, 0.1) is 10.5 Å². The molecule has 0 fully saturated rings. The number of nitrogens with zero attached hydrogens (tertiary/aromatic N) is 1. The molecular weight excluding hydrogens is 312 g/mol. The zero-order chi connectivity index (χ0) is 17.1. The molecule has 0 saturated carbocycles. The van der Waals surface area contributed by atoms with Gasteiger partial charge in [-0.3, -0.25) is 30.6 Å². The Hall–Kier alpha value is -3.68. The number of hydrazine groups is 1. The highest BCUT2D eigenvalue weighted by Gasteiger charge is 2.14. The summed E-state index contributed by atoms with van der Waals surface area (Å²) in [5.41, 5.74) is 5.88. The Kier molecular flexibility index (Phi) is 3.94. The molecule has 24 heavy (non-hydrogen) atoms. The summed E-state index contributed by atoms with van der Waals surface area (Å²) in [5, 5.41) is 11.3. The van der Waals surface area contributed by atoms with Crippen molar-refractivity contribution < 1.29 is 14.5 Å². The molecule has 2 aromatic carbocycles. The Bertz CT molecular complexity index is 931. The molecule has 0 atom stereocenters. The zero-order valence-electron chi connectivity index (χ0n) is 12.3. The van der Waals surface area contributed by atoms with Crippen LogP contribution in [-0.4, -0.2) is 21.7 Å². The SMILES string of the molecule is O=C(NNC(=O)c1c[nH]c2ccccc12)c1ccc([N+](=O)[O-])cc1. The van der Waals surface area contributed by atoms with Crippen molar-refractivity contribution in [3.8, 4) is 0 Å². The number of hydrogen-bond donors (Lipinski definition) is 3. The van der Waals surface area contributed by atoms with Gasteiger partial charge in [-0.05, 0) is 18.2 Å². The Balaban J connectivity index is 1.67. The van der Waals surface area contributed by atoms with Crippen LogP contribution >= 0.6 is 0 Å². The van der Waals surface area contributed by atoms with Crippen LogP contribution in [-0.2, 0) is 0 Å². The number of aromatic amines is 1. The third-order valence-corrected chi connectivity index (χ3v) is 3.46. The summed E-state index contributed by atoms with van der Waals surface area (Å²) < 4.78 is 0. The van der Waals surface area contributed by atoms with E-state index in [1.807, 2.05) is 18.2 Å². The molecule has 0 unspecified atom stereocenters. The summed E-state index contributed by atoms with van der Waals surface area (Å²) in [6.07, 6.45) is 1.55. The molecule has 0 aliphatic heterocycles. The van der Waals surface area contributed by atoms with Crippen molar-refractivity contribution in [1.82, 2.24) is 15.8 Å². The second-order valence-electron chi connectivity index (χ2n) is 4.96. The van der Waals surface area contributed by atoms with E-state index in [0.717, 1.165) is 10.9 Å². The van der Waals surface area contributed by atoms with E-state index in [9.17, 15) is 19.7 Å². The lowest BCUT2D eigenvalue weighted by molar-refractivity contribution is -0.384. The van der Waals surface area contributed by atoms with Gasteiger partial charge in [-0.2, -0.15) is 0 Å². The molecule has 8 nitrogen and oxygen atoms in total. The Morgan fingerprint density at radius 2 is 1.62 bits per heavy atom. The normalized spacial score (nSPS) is 10.3. The Labute approximate surface area is 135 Å². The van der Waals surface area contributed by atoms with Crippen molar-refractivity contribution in [1.29, 1.82) is 0 Å². The van der Waals surface area contributed by atoms with Gasteiger partial charge >= 0.3 is 0 Å². The number of benzene rings is 2. The monoisotopic (exact) mass is 324 g/mol. The fourth-order valence-corrected chi connectivity index (χ4v) is 2.25. The van der Waals surface area contributed by atoms with Crippen molar-refractivity contribution in [3.63, 3.8) is 0 Å². The number of H-pyrrole nitrogens is 1. The zero-order valence-corrected chi connectivity index (χ0v) is 12.3. The van der Waals surface area contributed by atoms with E-state index in [0.29, 0.717) is 5.56 Å². The van der Waals surface area contributed by atoms with E-state index in [4.69, 9.17) is 0 Å². The van der Waals surface area contributed by atoms with E-state index in [2.05, 4.69) is 15.8 Å². The van der Waals surface area contributed by atoms with Crippen molar-refractivity contribution in [2.24, 2.45) is 0 Å². The lowest BCUT2D eigenvalue weighted by Gasteiger charge is -2.06. The van der Waals surface area contributed by atoms with Gasteiger partial charge in [-0.1, -0.05) is 18.2 Å². The molecule has 0 saturated heterocycles. The Morgan fingerprint density at radius 1 is 0.958 bits per heavy atom. The maximum Gasteiger partial charge on any atom is 0.271 e. The van der Waals surface area contributed by atoms with Gasteiger partial charge in [0.25, 0.3) is 17.5 Å². The molecule has 0 spiro atoms. The van der Waals surface area contributed by atoms with Gasteiger partial charge in [0.15, 0.2) is 0 Å². The van der Waals surface area contributed by atoms with Gasteiger partial charge in [0.1, 0.15) is 0 Å². The predicted molar refractivity (Wildman–Crippen MR) is 86.3 cm³/mol. The van der Waals surface area contributed by atoms with Crippen LogP contribution in [0, 0.1) is 10.1 Å². The van der Waals surface area contributed by atoms with Gasteiger partial charge in [0, 0.05) is 34.8 Å². The van der Waals surface area contributed by atoms with Crippen molar-refractivity contribution in [2.75, 3.05) is 0 Å². The van der Waals surface area contributed by atoms with Gasteiger partial charge in [-0.25, -0.2) is 0 Å². The van der Waals surface area contributed by atoms with E-state index in [-0.39, 0.29) is 11.3 Å². The largest absolute Gasteiger partial charge is 0.360 e. The number of carbonyl (C=O) groups is 2. The molecule has 3 rings (SSSR count). The topological polar surface area (TPSA) is 117 Å². The average molecular weight is 324 g/mol. The summed E-state index contributed by atoms with van der Waals surface area (Å²) in [6, 6.07) is 12.3. The van der Waals surface area contributed by atoms with Gasteiger partial charge in [0.2, 0.25) is 0 Å². The minimum atomic E-state index is -0.571. The van der Waals surface area contributed by atoms with Crippen LogP contribution in [0.5, 0.6) is 0 Å². The van der Waals surface area contributed by atoms with Crippen LogP contribution in [0.1, 0.15) is 20.7 Å². The average Bonchev–Trinajstić information content (AvgIpc) is 3.03. The van der Waals surface area contributed by atoms with Crippen molar-refractivity contribution >= 4 is 28.4 Å². The van der Waals surface area contributed by atoms with E-state index < -0.39 is 16.7 Å². The number of nitrogens with one attached hydrogen (secondary N) is 3. The lowest BCUT2D eigenvalue weighted by Crippen LogP contribution is -2.41. The van der Waals surface area contributed by atoms with Crippen LogP contribution in [0.3, 0.4) is 0 Å². The molecule has 0 bridgehead atoms. The van der Waals surface area contributed by atoms with E-state index >= 15 is 0 Å². The second kappa shape index (κ2) is 6.21. The summed E-state index contributed by atoms with van der Waals surface area (Å²) >= 11 is 0. The highest BCUT2D eigenvalue weighted by molar-refractivity contribution is 6.07. The number of fused-ring (bicyclic) bond motifs is 1. The molecule has 0 aliphatic carbocycles. The molecule has 0 aliphatic rings. The summed E-state index contributed by atoms with van der Waals surface area (Å²) in [5.74, 6) is -1.04. The smallest absolute Gasteiger partial charge is 0.271 e. The number of nitro benzene ring substituents is 1. The van der Waals surface area contributed by atoms with E-state index in [1.165, 1.54) is 24.3 Å². The van der Waals surface area contributed by atoms with Crippen LogP contribution in [0.25, 0.3) is 10.9 Å². The third kappa shape index (κ3) is 2.93. The number of nitro groups is 1. The number of hydrogen-bond acceptors (Lipinski definition) is 4. The minimum absolute atomic E-state index is 0.116. The summed E-state index contributed by atoms with van der Waals surface area (Å²) in [6.45, 7) is 0. The maximum atomic E-state index is 12.2. The van der Waals surface area contributed by atoms with Crippen LogP contribution in [0.2, 0.25) is 0 Å². The molecule has 3 aromatic rings. The highest BCUT2D eigenvalue weighted by atomic mass is 16.6. The summed E-state index contributed by atoms with van der Waals surface area (Å²) in [7, 11) is 0. The number of amides is 2. The van der Waals surface area contributed by atoms with Crippen molar-refractivity contribution in [2.45, 2.75) is 0 Å². The molecular formula is C16H12N4O4. The lowest BCUT2D eigenvalue weighted by atomic mass is 10.2. The highest BCUT2D eigenvalue weighted by Crippen LogP contribution is 2.17. The minimum Gasteiger partial charge on any atom is -0.360 e. The number of carbonyl (C=O) groups excluding carboxylic acids is 2. The molecule has 1 aromatic heterocycles. The maximum absolute atomic E-state index is 12.2.